The fourth-order valence-corrected chi connectivity index (χ4v) is 4.03. The number of nitrogens with zero attached hydrogens (tertiary/aromatic N) is 1. The van der Waals surface area contributed by atoms with E-state index in [1.165, 1.54) is 19.3 Å². The third-order valence-corrected chi connectivity index (χ3v) is 6.01. The van der Waals surface area contributed by atoms with Gasteiger partial charge in [0.25, 0.3) is 11.8 Å². The molecule has 0 radical (unpaired) electrons. The van der Waals surface area contributed by atoms with Gasteiger partial charge in [0.2, 0.25) is 5.91 Å². The number of carbonyl (C=O) groups is 3. The van der Waals surface area contributed by atoms with E-state index >= 15 is 0 Å². The van der Waals surface area contributed by atoms with E-state index in [4.69, 9.17) is 0 Å². The summed E-state index contributed by atoms with van der Waals surface area (Å²) in [6, 6.07) is 14.3. The van der Waals surface area contributed by atoms with Crippen LogP contribution in [0, 0.1) is 0 Å². The molecule has 2 aromatic carbocycles. The lowest BCUT2D eigenvalue weighted by Crippen LogP contribution is -2.36. The molecule has 0 saturated heterocycles. The lowest BCUT2D eigenvalue weighted by molar-refractivity contribution is -0.114. The molecule has 1 aliphatic rings. The molecule has 0 unspecified atom stereocenters. The minimum absolute atomic E-state index is 0.0181. The van der Waals surface area contributed by atoms with Crippen LogP contribution in [-0.2, 0) is 4.79 Å². The van der Waals surface area contributed by atoms with Crippen molar-refractivity contribution in [1.29, 1.82) is 0 Å². The van der Waals surface area contributed by atoms with Crippen molar-refractivity contribution >= 4 is 29.1 Å². The first kappa shape index (κ1) is 24.3. The highest BCUT2D eigenvalue weighted by Crippen LogP contribution is 2.18. The number of hydrogen-bond acceptors (Lipinski definition) is 4. The van der Waals surface area contributed by atoms with Gasteiger partial charge in [0.1, 0.15) is 0 Å². The molecule has 0 heterocycles. The molecule has 1 saturated carbocycles. The molecule has 176 valence electrons. The molecule has 2 aromatic rings. The van der Waals surface area contributed by atoms with E-state index in [-0.39, 0.29) is 30.3 Å². The maximum absolute atomic E-state index is 12.4. The van der Waals surface area contributed by atoms with E-state index < -0.39 is 0 Å². The number of nitrogens with one attached hydrogen (secondary N) is 3. The second kappa shape index (κ2) is 12.0. The highest BCUT2D eigenvalue weighted by molar-refractivity contribution is 5.97. The third-order valence-electron chi connectivity index (χ3n) is 6.01. The minimum atomic E-state index is -0.197. The Labute approximate surface area is 195 Å². The average molecular weight is 451 g/mol. The summed E-state index contributed by atoms with van der Waals surface area (Å²) in [4.78, 5) is 38.8. The molecular formula is C26H34N4O3. The lowest BCUT2D eigenvalue weighted by atomic mass is 9.95. The van der Waals surface area contributed by atoms with Crippen molar-refractivity contribution < 1.29 is 14.4 Å². The molecule has 3 amide bonds. The number of amides is 3. The van der Waals surface area contributed by atoms with E-state index in [1.54, 1.807) is 53.4 Å². The van der Waals surface area contributed by atoms with Gasteiger partial charge in [-0.3, -0.25) is 14.4 Å². The van der Waals surface area contributed by atoms with Gasteiger partial charge < -0.3 is 20.9 Å². The van der Waals surface area contributed by atoms with E-state index in [1.807, 2.05) is 13.8 Å². The van der Waals surface area contributed by atoms with Gasteiger partial charge in [-0.05, 0) is 75.2 Å². The van der Waals surface area contributed by atoms with Crippen molar-refractivity contribution in [2.75, 3.05) is 30.3 Å². The standard InChI is InChI=1S/C26H34N4O3/c1-3-30(4-2)26(33)20-12-16-23(17-13-20)28-24(31)18-27-21-14-10-19(11-15-21)25(32)29-22-8-6-5-7-9-22/h10-17,22,27H,3-9,18H2,1-2H3,(H,28,31)(H,29,32). The molecule has 0 bridgehead atoms. The van der Waals surface area contributed by atoms with Crippen LogP contribution < -0.4 is 16.0 Å². The van der Waals surface area contributed by atoms with Crippen LogP contribution in [0.5, 0.6) is 0 Å². The monoisotopic (exact) mass is 450 g/mol. The van der Waals surface area contributed by atoms with Crippen LogP contribution in [0.25, 0.3) is 0 Å². The lowest BCUT2D eigenvalue weighted by Gasteiger charge is -2.22. The molecule has 7 heteroatoms. The maximum atomic E-state index is 12.4. The Morgan fingerprint density at radius 2 is 1.39 bits per heavy atom. The zero-order valence-corrected chi connectivity index (χ0v) is 19.5. The SMILES string of the molecule is CCN(CC)C(=O)c1ccc(NC(=O)CNc2ccc(C(=O)NC3CCCCC3)cc2)cc1. The Kier molecular flexibility index (Phi) is 8.87. The Balaban J connectivity index is 1.45. The molecule has 33 heavy (non-hydrogen) atoms. The van der Waals surface area contributed by atoms with Gasteiger partial charge in [-0.25, -0.2) is 0 Å². The number of hydrogen-bond donors (Lipinski definition) is 3. The summed E-state index contributed by atoms with van der Waals surface area (Å²) in [6.45, 7) is 5.30. The van der Waals surface area contributed by atoms with Crippen LogP contribution in [0.1, 0.15) is 66.7 Å². The van der Waals surface area contributed by atoms with Crippen molar-refractivity contribution in [3.63, 3.8) is 0 Å². The van der Waals surface area contributed by atoms with Gasteiger partial charge in [-0.15, -0.1) is 0 Å². The molecule has 3 N–H and O–H groups in total. The smallest absolute Gasteiger partial charge is 0.253 e. The fraction of sp³-hybridized carbons (Fsp3) is 0.423. The molecule has 3 rings (SSSR count). The van der Waals surface area contributed by atoms with E-state index in [2.05, 4.69) is 16.0 Å². The molecule has 0 aliphatic heterocycles. The first-order chi connectivity index (χ1) is 16.0. The molecule has 0 spiro atoms. The average Bonchev–Trinajstić information content (AvgIpc) is 2.85. The molecule has 0 atom stereocenters. The molecule has 1 aliphatic carbocycles. The summed E-state index contributed by atoms with van der Waals surface area (Å²) in [6.07, 6.45) is 5.70. The molecular weight excluding hydrogens is 416 g/mol. The first-order valence-corrected chi connectivity index (χ1v) is 11.8. The summed E-state index contributed by atoms with van der Waals surface area (Å²) in [5, 5.41) is 9.00. The third kappa shape index (κ3) is 7.07. The molecule has 0 aromatic heterocycles. The highest BCUT2D eigenvalue weighted by atomic mass is 16.2. The van der Waals surface area contributed by atoms with Gasteiger partial charge >= 0.3 is 0 Å². The summed E-state index contributed by atoms with van der Waals surface area (Å²) in [5.74, 6) is -0.263. The van der Waals surface area contributed by atoms with Gasteiger partial charge in [0.05, 0.1) is 6.54 Å². The number of rotatable bonds is 9. The van der Waals surface area contributed by atoms with Crippen LogP contribution in [0.3, 0.4) is 0 Å². The van der Waals surface area contributed by atoms with E-state index in [9.17, 15) is 14.4 Å². The normalized spacial score (nSPS) is 13.8. The van der Waals surface area contributed by atoms with Crippen molar-refractivity contribution in [2.45, 2.75) is 52.0 Å². The Morgan fingerprint density at radius 1 is 0.818 bits per heavy atom. The Morgan fingerprint density at radius 3 is 2.00 bits per heavy atom. The number of carbonyl (C=O) groups excluding carboxylic acids is 3. The quantitative estimate of drug-likeness (QED) is 0.532. The van der Waals surface area contributed by atoms with Crippen LogP contribution in [0.15, 0.2) is 48.5 Å². The van der Waals surface area contributed by atoms with Crippen LogP contribution in [0.2, 0.25) is 0 Å². The summed E-state index contributed by atoms with van der Waals surface area (Å²) in [7, 11) is 0. The maximum Gasteiger partial charge on any atom is 0.253 e. The van der Waals surface area contributed by atoms with Crippen molar-refractivity contribution in [2.24, 2.45) is 0 Å². The second-order valence-corrected chi connectivity index (χ2v) is 8.34. The van der Waals surface area contributed by atoms with Crippen molar-refractivity contribution in [3.05, 3.63) is 59.7 Å². The Hall–Kier alpha value is -3.35. The Bertz CT molecular complexity index is 931. The number of benzene rings is 2. The van der Waals surface area contributed by atoms with Crippen LogP contribution in [-0.4, -0.2) is 48.3 Å². The van der Waals surface area contributed by atoms with Gasteiger partial charge in [0.15, 0.2) is 0 Å². The largest absolute Gasteiger partial charge is 0.376 e. The topological polar surface area (TPSA) is 90.5 Å². The van der Waals surface area contributed by atoms with E-state index in [0.717, 1.165) is 18.5 Å². The fourth-order valence-electron chi connectivity index (χ4n) is 4.03. The summed E-state index contributed by atoms with van der Waals surface area (Å²) in [5.41, 5.74) is 2.62. The van der Waals surface area contributed by atoms with Crippen molar-refractivity contribution in [3.8, 4) is 0 Å². The molecule has 7 nitrogen and oxygen atoms in total. The van der Waals surface area contributed by atoms with Gasteiger partial charge in [0, 0.05) is 41.6 Å². The van der Waals surface area contributed by atoms with Crippen molar-refractivity contribution in [1.82, 2.24) is 10.2 Å². The van der Waals surface area contributed by atoms with Gasteiger partial charge in [-0.1, -0.05) is 19.3 Å². The highest BCUT2D eigenvalue weighted by Gasteiger charge is 2.16. The van der Waals surface area contributed by atoms with Crippen LogP contribution in [0.4, 0.5) is 11.4 Å². The number of anilines is 2. The van der Waals surface area contributed by atoms with Crippen LogP contribution >= 0.6 is 0 Å². The first-order valence-electron chi connectivity index (χ1n) is 11.8. The minimum Gasteiger partial charge on any atom is -0.376 e. The second-order valence-electron chi connectivity index (χ2n) is 8.34. The summed E-state index contributed by atoms with van der Waals surface area (Å²) >= 11 is 0. The predicted octanol–water partition coefficient (Wildman–Crippen LogP) is 4.28. The zero-order valence-electron chi connectivity index (χ0n) is 19.5. The molecule has 1 fully saturated rings. The zero-order chi connectivity index (χ0) is 23.6. The predicted molar refractivity (Wildman–Crippen MR) is 132 cm³/mol. The van der Waals surface area contributed by atoms with Gasteiger partial charge in [-0.2, -0.15) is 0 Å². The summed E-state index contributed by atoms with van der Waals surface area (Å²) < 4.78 is 0. The van der Waals surface area contributed by atoms with E-state index in [0.29, 0.717) is 29.9 Å².